The first-order chi connectivity index (χ1) is 9.02. The summed E-state index contributed by atoms with van der Waals surface area (Å²) < 4.78 is 13.8. The van der Waals surface area contributed by atoms with Gasteiger partial charge in [0, 0.05) is 6.54 Å². The van der Waals surface area contributed by atoms with E-state index in [4.69, 9.17) is 0 Å². The van der Waals surface area contributed by atoms with Crippen molar-refractivity contribution in [1.82, 2.24) is 10.6 Å². The molecule has 2 N–H and O–H groups in total. The predicted octanol–water partition coefficient (Wildman–Crippen LogP) is 2.25. The molecular weight excluding hydrogens is 243 g/mol. The number of amides is 1. The molecule has 1 aromatic carbocycles. The van der Waals surface area contributed by atoms with E-state index in [1.54, 1.807) is 19.1 Å². The van der Waals surface area contributed by atoms with Crippen molar-refractivity contribution in [3.8, 4) is 0 Å². The minimum atomic E-state index is -0.421. The molecule has 1 amide bonds. The van der Waals surface area contributed by atoms with Gasteiger partial charge in [-0.25, -0.2) is 4.39 Å². The van der Waals surface area contributed by atoms with E-state index in [2.05, 4.69) is 17.6 Å². The topological polar surface area (TPSA) is 41.1 Å². The van der Waals surface area contributed by atoms with Crippen LogP contribution in [-0.2, 0) is 0 Å². The lowest BCUT2D eigenvalue weighted by atomic mass is 9.81. The van der Waals surface area contributed by atoms with Gasteiger partial charge in [-0.1, -0.05) is 19.1 Å². The Hall–Kier alpha value is -1.42. The Labute approximate surface area is 113 Å². The van der Waals surface area contributed by atoms with Crippen LogP contribution >= 0.6 is 0 Å². The Kier molecular flexibility index (Phi) is 4.20. The summed E-state index contributed by atoms with van der Waals surface area (Å²) in [5.41, 5.74) is 0.750. The van der Waals surface area contributed by atoms with Gasteiger partial charge in [-0.05, 0) is 49.9 Å². The van der Waals surface area contributed by atoms with Gasteiger partial charge < -0.3 is 10.6 Å². The van der Waals surface area contributed by atoms with Gasteiger partial charge in [-0.3, -0.25) is 4.79 Å². The van der Waals surface area contributed by atoms with E-state index in [-0.39, 0.29) is 16.9 Å². The van der Waals surface area contributed by atoms with Crippen molar-refractivity contribution in [2.75, 3.05) is 19.6 Å². The summed E-state index contributed by atoms with van der Waals surface area (Å²) in [6.45, 7) is 6.39. The number of benzene rings is 1. The summed E-state index contributed by atoms with van der Waals surface area (Å²) in [7, 11) is 0. The number of carbonyl (C=O) groups excluding carboxylic acids is 1. The molecule has 0 atom stereocenters. The second-order valence-electron chi connectivity index (χ2n) is 5.68. The van der Waals surface area contributed by atoms with Gasteiger partial charge in [-0.15, -0.1) is 0 Å². The lowest BCUT2D eigenvalue weighted by molar-refractivity contribution is 0.0918. The molecule has 0 aliphatic carbocycles. The van der Waals surface area contributed by atoms with Crippen molar-refractivity contribution in [3.63, 3.8) is 0 Å². The number of hydrogen-bond acceptors (Lipinski definition) is 2. The summed E-state index contributed by atoms with van der Waals surface area (Å²) in [6, 6.07) is 4.90. The number of aryl methyl sites for hydroxylation is 1. The highest BCUT2D eigenvalue weighted by molar-refractivity contribution is 5.94. The first-order valence-corrected chi connectivity index (χ1v) is 6.76. The van der Waals surface area contributed by atoms with Crippen molar-refractivity contribution < 1.29 is 9.18 Å². The lowest BCUT2D eigenvalue weighted by Gasteiger charge is -2.34. The second kappa shape index (κ2) is 5.70. The molecule has 1 aliphatic rings. The van der Waals surface area contributed by atoms with E-state index in [0.29, 0.717) is 12.1 Å². The number of halogens is 1. The van der Waals surface area contributed by atoms with E-state index >= 15 is 0 Å². The van der Waals surface area contributed by atoms with Crippen molar-refractivity contribution in [1.29, 1.82) is 0 Å². The van der Waals surface area contributed by atoms with Crippen LogP contribution in [0.25, 0.3) is 0 Å². The molecule has 1 aromatic rings. The smallest absolute Gasteiger partial charge is 0.254 e. The number of piperidine rings is 1. The fraction of sp³-hybridized carbons (Fsp3) is 0.533. The average Bonchev–Trinajstić information content (AvgIpc) is 2.40. The molecule has 0 spiro atoms. The van der Waals surface area contributed by atoms with E-state index in [0.717, 1.165) is 25.9 Å². The molecule has 2 rings (SSSR count). The molecule has 0 bridgehead atoms. The average molecular weight is 264 g/mol. The van der Waals surface area contributed by atoms with Crippen LogP contribution in [0.5, 0.6) is 0 Å². The van der Waals surface area contributed by atoms with E-state index < -0.39 is 5.82 Å². The molecule has 104 valence electrons. The van der Waals surface area contributed by atoms with Gasteiger partial charge in [0.2, 0.25) is 0 Å². The Balaban J connectivity index is 1.99. The van der Waals surface area contributed by atoms with Crippen LogP contribution in [0.1, 0.15) is 35.7 Å². The highest BCUT2D eigenvalue weighted by Gasteiger charge is 2.27. The number of hydrogen-bond donors (Lipinski definition) is 2. The molecule has 19 heavy (non-hydrogen) atoms. The molecule has 1 heterocycles. The summed E-state index contributed by atoms with van der Waals surface area (Å²) in [5, 5.41) is 6.17. The zero-order chi connectivity index (χ0) is 13.9. The summed E-state index contributed by atoms with van der Waals surface area (Å²) in [5.74, 6) is -0.739. The van der Waals surface area contributed by atoms with Gasteiger partial charge in [0.1, 0.15) is 5.82 Å². The number of rotatable bonds is 3. The van der Waals surface area contributed by atoms with Crippen LogP contribution in [0.4, 0.5) is 4.39 Å². The molecule has 3 nitrogen and oxygen atoms in total. The van der Waals surface area contributed by atoms with Crippen molar-refractivity contribution in [2.45, 2.75) is 26.7 Å². The zero-order valence-corrected chi connectivity index (χ0v) is 11.6. The van der Waals surface area contributed by atoms with Gasteiger partial charge in [0.15, 0.2) is 0 Å². The maximum absolute atomic E-state index is 13.8. The Morgan fingerprint density at radius 1 is 1.42 bits per heavy atom. The molecule has 0 radical (unpaired) electrons. The van der Waals surface area contributed by atoms with Crippen molar-refractivity contribution in [3.05, 3.63) is 35.1 Å². The van der Waals surface area contributed by atoms with Crippen molar-refractivity contribution in [2.24, 2.45) is 5.41 Å². The van der Waals surface area contributed by atoms with E-state index in [9.17, 15) is 9.18 Å². The van der Waals surface area contributed by atoms with Crippen LogP contribution in [0.3, 0.4) is 0 Å². The SMILES string of the molecule is Cc1cccc(C(=O)NCC2(C)CCNCC2)c1F. The summed E-state index contributed by atoms with van der Waals surface area (Å²) in [6.07, 6.45) is 2.06. The Morgan fingerprint density at radius 3 is 2.79 bits per heavy atom. The third-order valence-electron chi connectivity index (χ3n) is 3.92. The fourth-order valence-corrected chi connectivity index (χ4v) is 2.42. The maximum Gasteiger partial charge on any atom is 0.254 e. The van der Waals surface area contributed by atoms with Crippen LogP contribution in [0.2, 0.25) is 0 Å². The van der Waals surface area contributed by atoms with E-state index in [1.165, 1.54) is 6.07 Å². The molecule has 0 unspecified atom stereocenters. The van der Waals surface area contributed by atoms with Crippen LogP contribution in [0.15, 0.2) is 18.2 Å². The molecule has 1 saturated heterocycles. The van der Waals surface area contributed by atoms with Crippen LogP contribution in [-0.4, -0.2) is 25.5 Å². The Morgan fingerprint density at radius 2 is 2.11 bits per heavy atom. The normalized spacial score (nSPS) is 18.1. The quantitative estimate of drug-likeness (QED) is 0.879. The summed E-state index contributed by atoms with van der Waals surface area (Å²) >= 11 is 0. The summed E-state index contributed by atoms with van der Waals surface area (Å²) in [4.78, 5) is 12.0. The molecular formula is C15H21FN2O. The second-order valence-corrected chi connectivity index (χ2v) is 5.68. The molecule has 1 aliphatic heterocycles. The third kappa shape index (κ3) is 3.32. The number of carbonyl (C=O) groups is 1. The highest BCUT2D eigenvalue weighted by atomic mass is 19.1. The van der Waals surface area contributed by atoms with E-state index in [1.807, 2.05) is 0 Å². The molecule has 0 saturated carbocycles. The Bertz CT molecular complexity index is 467. The standard InChI is InChI=1S/C15H21FN2O/c1-11-4-3-5-12(13(11)16)14(19)18-10-15(2)6-8-17-9-7-15/h3-5,17H,6-10H2,1-2H3,(H,18,19). The lowest BCUT2D eigenvalue weighted by Crippen LogP contribution is -2.43. The monoisotopic (exact) mass is 264 g/mol. The highest BCUT2D eigenvalue weighted by Crippen LogP contribution is 2.26. The number of nitrogens with one attached hydrogen (secondary N) is 2. The van der Waals surface area contributed by atoms with Gasteiger partial charge >= 0.3 is 0 Å². The largest absolute Gasteiger partial charge is 0.351 e. The molecule has 1 fully saturated rings. The van der Waals surface area contributed by atoms with Gasteiger partial charge in [-0.2, -0.15) is 0 Å². The molecule has 0 aromatic heterocycles. The minimum Gasteiger partial charge on any atom is -0.351 e. The fourth-order valence-electron chi connectivity index (χ4n) is 2.42. The van der Waals surface area contributed by atoms with Crippen LogP contribution in [0, 0.1) is 18.2 Å². The predicted molar refractivity (Wildman–Crippen MR) is 73.7 cm³/mol. The zero-order valence-electron chi connectivity index (χ0n) is 11.6. The maximum atomic E-state index is 13.8. The van der Waals surface area contributed by atoms with Crippen molar-refractivity contribution >= 4 is 5.91 Å². The molecule has 4 heteroatoms. The van der Waals surface area contributed by atoms with Gasteiger partial charge in [0.05, 0.1) is 5.56 Å². The third-order valence-corrected chi connectivity index (χ3v) is 3.92. The van der Waals surface area contributed by atoms with Gasteiger partial charge in [0.25, 0.3) is 5.91 Å². The first kappa shape index (κ1) is 14.0. The van der Waals surface area contributed by atoms with Crippen LogP contribution < -0.4 is 10.6 Å². The first-order valence-electron chi connectivity index (χ1n) is 6.76. The minimum absolute atomic E-state index is 0.112.